The van der Waals surface area contributed by atoms with Gasteiger partial charge in [-0.2, -0.15) is 13.2 Å². The van der Waals surface area contributed by atoms with Crippen molar-refractivity contribution < 1.29 is 80.4 Å². The van der Waals surface area contributed by atoms with Crippen molar-refractivity contribution in [3.63, 3.8) is 0 Å². The van der Waals surface area contributed by atoms with Crippen LogP contribution in [0.3, 0.4) is 0 Å². The molecule has 136 heavy (non-hydrogen) atoms. The molecule has 0 aliphatic heterocycles. The lowest BCUT2D eigenvalue weighted by atomic mass is 10.1. The second kappa shape index (κ2) is 45.1. The highest BCUT2D eigenvalue weighted by Crippen LogP contribution is 2.37. The van der Waals surface area contributed by atoms with Crippen LogP contribution in [0.4, 0.5) is 58.7 Å². The molecule has 5 aromatic heterocycles. The second-order valence-electron chi connectivity index (χ2n) is 30.5. The first-order chi connectivity index (χ1) is 64.2. The van der Waals surface area contributed by atoms with Gasteiger partial charge in [-0.05, 0) is 223 Å². The van der Waals surface area contributed by atoms with Gasteiger partial charge in [-0.15, -0.1) is 0 Å². The molecule has 28 nitrogen and oxygen atoms in total. The summed E-state index contributed by atoms with van der Waals surface area (Å²) in [5.74, 6) is -4.60. The number of anilines is 8. The Morgan fingerprint density at radius 3 is 0.897 bits per heavy atom. The summed E-state index contributed by atoms with van der Waals surface area (Å²) in [6, 6.07) is 69.5. The molecule has 0 unspecified atom stereocenters. The summed E-state index contributed by atoms with van der Waals surface area (Å²) < 4.78 is 133. The Hall–Kier alpha value is -14.4. The molecule has 698 valence electrons. The number of aryl methyl sites for hydroxylation is 1. The summed E-state index contributed by atoms with van der Waals surface area (Å²) in [6.07, 6.45) is 6.23. The fraction of sp³-hybridized carbons (Fsp3) is 0.113. The zero-order valence-electron chi connectivity index (χ0n) is 72.7. The molecule has 0 spiro atoms. The number of halogens is 7. The molecule has 5 heterocycles. The molecule has 9 aromatic carbocycles. The van der Waals surface area contributed by atoms with E-state index in [2.05, 4.69) is 62.1 Å². The number of carbonyl (C=O) groups is 7. The Labute approximate surface area is 800 Å². The third kappa shape index (κ3) is 30.0. The quantitative estimate of drug-likeness (QED) is 0.0246. The van der Waals surface area contributed by atoms with Crippen LogP contribution in [0.1, 0.15) is 103 Å². The highest BCUT2D eigenvalue weighted by Gasteiger charge is 2.34. The molecule has 14 aromatic rings. The van der Waals surface area contributed by atoms with Gasteiger partial charge in [0.2, 0.25) is 5.91 Å². The Balaban J connectivity index is 0.000000176. The van der Waals surface area contributed by atoms with Crippen LogP contribution < -0.4 is 43.0 Å². The smallest absolute Gasteiger partial charge is 0.398 e. The number of hydrogen-bond donors (Lipinski definition) is 8. The van der Waals surface area contributed by atoms with Crippen molar-refractivity contribution in [2.75, 3.05) is 68.0 Å². The topological polar surface area (TPSA) is 431 Å². The second-order valence-corrected chi connectivity index (χ2v) is 40.7. The van der Waals surface area contributed by atoms with Crippen LogP contribution in [0.15, 0.2) is 286 Å². The number of rotatable bonds is 25. The molecule has 0 bridgehead atoms. The minimum absolute atomic E-state index is 0.00217. The van der Waals surface area contributed by atoms with E-state index in [0.29, 0.717) is 122 Å². The Kier molecular flexibility index (Phi) is 33.8. The van der Waals surface area contributed by atoms with Gasteiger partial charge in [-0.3, -0.25) is 53.5 Å². The maximum atomic E-state index is 13.1. The van der Waals surface area contributed by atoms with Gasteiger partial charge in [0.1, 0.15) is 5.69 Å². The van der Waals surface area contributed by atoms with Crippen molar-refractivity contribution in [2.45, 2.75) is 43.0 Å². The standard InChI is InChI=1S/C28H22ClF3N4O4S.C27H22ClN3O4S.C22H20ClN3O4S.C20H18ClN3O3S/c1-16-20(9-11-25(34-16)28(30,31)32)27(38)36-24-13-17(6-7-18(24)15-41(2,39)40)26(37)35-19-8-10-22(29)21(14-19)23-5-3-4-12-33-23;1-36(34,35)17-20-11-10-19(15-25(20)31-26(32)18-7-3-2-4-8-18)27(33)30-21-12-13-23(28)22(16-21)24-9-5-6-14-29-24;1-14(27)25-21-11-15(6-7-16(21)13-31(2,29)30)22(28)26-17-8-9-19(23)18(12-17)20-5-3-4-10-24-20;1-28(26,27)12-14-6-5-13(10-18(14)22)20(25)24-15-7-8-17(21)16(11-15)19-4-2-3-9-23-19/h3-14H,15H2,1-2H3,(H,35,37)(H,36,38);2-16H,17H2,1H3,(H,30,33)(H,31,32);3-12H,13H2,1-2H3,(H,25,27)(H,26,28);2-11H,12,22H2,1H3,(H,24,25). The Bertz CT molecular complexity index is 7390. The van der Waals surface area contributed by atoms with Gasteiger partial charge >= 0.3 is 6.18 Å². The van der Waals surface area contributed by atoms with Crippen molar-refractivity contribution in [1.82, 2.24) is 24.9 Å². The van der Waals surface area contributed by atoms with E-state index in [-0.39, 0.29) is 85.3 Å². The summed E-state index contributed by atoms with van der Waals surface area (Å²) >= 11 is 25.2. The highest BCUT2D eigenvalue weighted by atomic mass is 35.5. The van der Waals surface area contributed by atoms with E-state index in [9.17, 15) is 80.4 Å². The number of alkyl halides is 3. The SMILES string of the molecule is CC(=O)Nc1cc(C(=O)Nc2ccc(Cl)c(-c3ccccn3)c2)ccc1CS(C)(=O)=O.CS(=O)(=O)Cc1ccc(C(=O)Nc2ccc(Cl)c(-c3ccccn3)c2)cc1N.CS(=O)(=O)Cc1ccc(C(=O)Nc2ccc(Cl)c(-c3ccccn3)c2)cc1NC(=O)c1ccccc1.Cc1nc(C(F)(F)F)ccc1C(=O)Nc1cc(C(=O)Nc2ccc(Cl)c(-c3ccccn3)c2)ccc1CS(C)(=O)=O. The molecule has 7 amide bonds. The van der Waals surface area contributed by atoms with E-state index >= 15 is 0 Å². The zero-order valence-corrected chi connectivity index (χ0v) is 79.0. The van der Waals surface area contributed by atoms with E-state index in [1.54, 1.807) is 176 Å². The van der Waals surface area contributed by atoms with E-state index in [4.69, 9.17) is 52.1 Å². The fourth-order valence-corrected chi connectivity index (χ4v) is 17.2. The third-order valence-electron chi connectivity index (χ3n) is 19.3. The van der Waals surface area contributed by atoms with Crippen molar-refractivity contribution >= 4 is 173 Å². The van der Waals surface area contributed by atoms with E-state index in [1.165, 1.54) is 74.5 Å². The molecule has 0 saturated heterocycles. The summed E-state index contributed by atoms with van der Waals surface area (Å²) in [5.41, 5.74) is 15.1. The number of amides is 7. The predicted molar refractivity (Wildman–Crippen MR) is 526 cm³/mol. The molecule has 14 rings (SSSR count). The molecule has 0 aliphatic carbocycles. The van der Waals surface area contributed by atoms with Crippen LogP contribution in [0.25, 0.3) is 45.0 Å². The van der Waals surface area contributed by atoms with Crippen molar-refractivity contribution in [2.24, 2.45) is 0 Å². The normalized spacial score (nSPS) is 11.3. The predicted octanol–water partition coefficient (Wildman–Crippen LogP) is 19.6. The van der Waals surface area contributed by atoms with Crippen LogP contribution in [0.2, 0.25) is 20.1 Å². The van der Waals surface area contributed by atoms with Gasteiger partial charge in [0.15, 0.2) is 39.3 Å². The van der Waals surface area contributed by atoms with Gasteiger partial charge in [-0.25, -0.2) is 38.7 Å². The maximum Gasteiger partial charge on any atom is 0.433 e. The zero-order chi connectivity index (χ0) is 98.6. The number of aromatic nitrogens is 5. The summed E-state index contributed by atoms with van der Waals surface area (Å²) in [4.78, 5) is 109. The molecular formula is C97H82Cl4F3N13O15S4. The molecule has 0 saturated carbocycles. The number of sulfone groups is 4. The molecule has 0 radical (unpaired) electrons. The molecule has 0 atom stereocenters. The van der Waals surface area contributed by atoms with Gasteiger partial charge in [0, 0.05) is 152 Å². The number of benzene rings is 9. The number of nitrogens with one attached hydrogen (secondary N) is 7. The molecule has 39 heteroatoms. The third-order valence-corrected chi connectivity index (χ3v) is 24.0. The van der Waals surface area contributed by atoms with Gasteiger partial charge < -0.3 is 43.0 Å². The van der Waals surface area contributed by atoms with Crippen molar-refractivity contribution in [3.05, 3.63) is 373 Å². The first-order valence-corrected chi connectivity index (χ1v) is 50.1. The lowest BCUT2D eigenvalue weighted by Gasteiger charge is -2.15. The van der Waals surface area contributed by atoms with Crippen LogP contribution in [-0.2, 0) is 73.3 Å². The van der Waals surface area contributed by atoms with Crippen LogP contribution in [0.5, 0.6) is 0 Å². The Morgan fingerprint density at radius 1 is 0.324 bits per heavy atom. The van der Waals surface area contributed by atoms with Gasteiger partial charge in [-0.1, -0.05) is 113 Å². The molecular weight excluding hydrogens is 1910 g/mol. The number of pyridine rings is 5. The van der Waals surface area contributed by atoms with E-state index in [0.717, 1.165) is 31.1 Å². The molecule has 0 aliphatic rings. The molecule has 9 N–H and O–H groups in total. The summed E-state index contributed by atoms with van der Waals surface area (Å²) in [7, 11) is -13.5. The lowest BCUT2D eigenvalue weighted by molar-refractivity contribution is -0.141. The first kappa shape index (κ1) is 102. The largest absolute Gasteiger partial charge is 0.433 e. The minimum atomic E-state index is -4.69. The number of carbonyl (C=O) groups excluding carboxylic acids is 7. The maximum absolute atomic E-state index is 13.1. The summed E-state index contributed by atoms with van der Waals surface area (Å²) in [6.45, 7) is 2.56. The number of nitrogen functional groups attached to an aromatic ring is 1. The van der Waals surface area contributed by atoms with Gasteiger partial charge in [0.25, 0.3) is 35.4 Å². The average molecular weight is 2000 g/mol. The summed E-state index contributed by atoms with van der Waals surface area (Å²) in [5, 5.41) is 20.9. The highest BCUT2D eigenvalue weighted by molar-refractivity contribution is 7.90. The minimum Gasteiger partial charge on any atom is -0.398 e. The van der Waals surface area contributed by atoms with E-state index in [1.807, 2.05) is 36.4 Å². The Morgan fingerprint density at radius 2 is 0.610 bits per heavy atom. The molecule has 0 fully saturated rings. The van der Waals surface area contributed by atoms with Crippen LogP contribution >= 0.6 is 46.4 Å². The number of nitrogens with two attached hydrogens (primary N) is 1. The number of nitrogens with zero attached hydrogens (tertiary/aromatic N) is 5. The fourth-order valence-electron chi connectivity index (χ4n) is 13.1. The van der Waals surface area contributed by atoms with E-state index < -0.39 is 86.5 Å². The van der Waals surface area contributed by atoms with Crippen molar-refractivity contribution in [3.8, 4) is 45.0 Å². The lowest BCUT2D eigenvalue weighted by Crippen LogP contribution is -2.19. The first-order valence-electron chi connectivity index (χ1n) is 40.3. The average Bonchev–Trinajstić information content (AvgIpc) is 0.788. The van der Waals surface area contributed by atoms with Crippen LogP contribution in [-0.4, -0.2) is 125 Å². The van der Waals surface area contributed by atoms with Crippen LogP contribution in [0, 0.1) is 6.92 Å². The number of hydrogen-bond acceptors (Lipinski definition) is 21. The van der Waals surface area contributed by atoms with Crippen molar-refractivity contribution in [1.29, 1.82) is 0 Å². The van der Waals surface area contributed by atoms with Gasteiger partial charge in [0.05, 0.1) is 77.1 Å². The monoisotopic (exact) mass is 1990 g/mol.